The van der Waals surface area contributed by atoms with Gasteiger partial charge in [0.2, 0.25) is 0 Å². The van der Waals surface area contributed by atoms with Crippen molar-refractivity contribution in [2.45, 2.75) is 17.9 Å². The van der Waals surface area contributed by atoms with E-state index in [1.807, 2.05) is 0 Å². The van der Waals surface area contributed by atoms with Crippen molar-refractivity contribution in [2.75, 3.05) is 19.8 Å². The first-order valence-corrected chi connectivity index (χ1v) is 7.51. The SMILES string of the molecule is Cc1cc(F)c(S(=O)(=O)NC(=O)C2COCCO2)cc1F. The maximum atomic E-state index is 13.7. The van der Waals surface area contributed by atoms with Crippen LogP contribution >= 0.6 is 0 Å². The second-order valence-electron chi connectivity index (χ2n) is 4.44. The molecule has 1 saturated heterocycles. The van der Waals surface area contributed by atoms with Crippen molar-refractivity contribution in [1.82, 2.24) is 4.72 Å². The molecule has 0 aliphatic carbocycles. The number of sulfonamides is 1. The number of halogens is 2. The molecule has 116 valence electrons. The van der Waals surface area contributed by atoms with Crippen LogP contribution in [0.4, 0.5) is 8.78 Å². The van der Waals surface area contributed by atoms with Gasteiger partial charge in [-0.2, -0.15) is 0 Å². The van der Waals surface area contributed by atoms with Gasteiger partial charge < -0.3 is 9.47 Å². The van der Waals surface area contributed by atoms with Gasteiger partial charge >= 0.3 is 0 Å². The molecule has 1 aliphatic heterocycles. The van der Waals surface area contributed by atoms with E-state index in [2.05, 4.69) is 0 Å². The van der Waals surface area contributed by atoms with Crippen LogP contribution in [0.25, 0.3) is 0 Å². The molecular formula is C12H13F2NO5S. The summed E-state index contributed by atoms with van der Waals surface area (Å²) in [5.41, 5.74) is -0.0400. The Hall–Kier alpha value is -1.58. The molecular weight excluding hydrogens is 308 g/mol. The van der Waals surface area contributed by atoms with Crippen LogP contribution in [-0.4, -0.2) is 40.2 Å². The van der Waals surface area contributed by atoms with Gasteiger partial charge in [0.15, 0.2) is 6.10 Å². The highest BCUT2D eigenvalue weighted by Gasteiger charge is 2.29. The zero-order chi connectivity index (χ0) is 15.6. The third-order valence-electron chi connectivity index (χ3n) is 2.85. The molecule has 1 atom stereocenters. The third-order valence-corrected chi connectivity index (χ3v) is 4.21. The Balaban J connectivity index is 2.22. The first-order chi connectivity index (χ1) is 9.81. The molecule has 1 fully saturated rings. The van der Waals surface area contributed by atoms with Gasteiger partial charge in [-0.1, -0.05) is 0 Å². The number of ether oxygens (including phenoxy) is 2. The summed E-state index contributed by atoms with van der Waals surface area (Å²) in [7, 11) is -4.53. The van der Waals surface area contributed by atoms with E-state index in [-0.39, 0.29) is 18.8 Å². The molecule has 6 nitrogen and oxygen atoms in total. The van der Waals surface area contributed by atoms with Gasteiger partial charge in [-0.05, 0) is 24.6 Å². The van der Waals surface area contributed by atoms with E-state index < -0.39 is 38.6 Å². The van der Waals surface area contributed by atoms with Gasteiger partial charge in [-0.3, -0.25) is 4.79 Å². The molecule has 1 amide bonds. The lowest BCUT2D eigenvalue weighted by Gasteiger charge is -2.22. The topological polar surface area (TPSA) is 81.7 Å². The summed E-state index contributed by atoms with van der Waals surface area (Å²) in [5.74, 6) is -3.02. The van der Waals surface area contributed by atoms with Crippen LogP contribution < -0.4 is 4.72 Å². The fourth-order valence-corrected chi connectivity index (χ4v) is 2.81. The standard InChI is InChI=1S/C12H13F2NO5S/c1-7-4-9(14)11(5-8(7)13)21(17,18)15-12(16)10-6-19-2-3-20-10/h4-5,10H,2-3,6H2,1H3,(H,15,16). The molecule has 9 heteroatoms. The zero-order valence-electron chi connectivity index (χ0n) is 11.1. The molecule has 1 aromatic rings. The molecule has 0 bridgehead atoms. The van der Waals surface area contributed by atoms with Crippen molar-refractivity contribution >= 4 is 15.9 Å². The predicted octanol–water partition coefficient (Wildman–Crippen LogP) is 0.494. The average molecular weight is 321 g/mol. The normalized spacial score (nSPS) is 19.3. The van der Waals surface area contributed by atoms with E-state index in [9.17, 15) is 22.0 Å². The zero-order valence-corrected chi connectivity index (χ0v) is 11.9. The lowest BCUT2D eigenvalue weighted by Crippen LogP contribution is -2.45. The maximum Gasteiger partial charge on any atom is 0.267 e. The van der Waals surface area contributed by atoms with Crippen molar-refractivity contribution in [3.05, 3.63) is 29.3 Å². The van der Waals surface area contributed by atoms with Gasteiger partial charge in [0, 0.05) is 0 Å². The minimum atomic E-state index is -4.53. The van der Waals surface area contributed by atoms with Gasteiger partial charge in [-0.25, -0.2) is 21.9 Å². The molecule has 0 aromatic heterocycles. The van der Waals surface area contributed by atoms with Crippen molar-refractivity contribution in [3.63, 3.8) is 0 Å². The van der Waals surface area contributed by atoms with Crippen molar-refractivity contribution in [2.24, 2.45) is 0 Å². The monoisotopic (exact) mass is 321 g/mol. The van der Waals surface area contributed by atoms with Gasteiger partial charge in [0.25, 0.3) is 15.9 Å². The van der Waals surface area contributed by atoms with Crippen LogP contribution in [0.3, 0.4) is 0 Å². The highest BCUT2D eigenvalue weighted by molar-refractivity contribution is 7.90. The Bertz CT molecular complexity index is 656. The van der Waals surface area contributed by atoms with Crippen LogP contribution in [0.5, 0.6) is 0 Å². The molecule has 1 aliphatic rings. The lowest BCUT2D eigenvalue weighted by molar-refractivity contribution is -0.145. The van der Waals surface area contributed by atoms with E-state index >= 15 is 0 Å². The van der Waals surface area contributed by atoms with E-state index in [0.29, 0.717) is 12.7 Å². The molecule has 1 aromatic carbocycles. The summed E-state index contributed by atoms with van der Waals surface area (Å²) < 4.78 is 62.6. The van der Waals surface area contributed by atoms with Crippen LogP contribution in [0.15, 0.2) is 17.0 Å². The van der Waals surface area contributed by atoms with Gasteiger partial charge in [0.1, 0.15) is 16.5 Å². The minimum absolute atomic E-state index is 0.0400. The molecule has 1 N–H and O–H groups in total. The van der Waals surface area contributed by atoms with Crippen molar-refractivity contribution in [1.29, 1.82) is 0 Å². The first kappa shape index (κ1) is 15.8. The quantitative estimate of drug-likeness (QED) is 0.876. The Kier molecular flexibility index (Phi) is 4.55. The maximum absolute atomic E-state index is 13.7. The summed E-state index contributed by atoms with van der Waals surface area (Å²) >= 11 is 0. The fourth-order valence-electron chi connectivity index (χ4n) is 1.73. The highest BCUT2D eigenvalue weighted by Crippen LogP contribution is 2.19. The van der Waals surface area contributed by atoms with Crippen LogP contribution in [0, 0.1) is 18.6 Å². The second-order valence-corrected chi connectivity index (χ2v) is 6.09. The Morgan fingerprint density at radius 3 is 2.62 bits per heavy atom. The summed E-state index contributed by atoms with van der Waals surface area (Å²) in [6.45, 7) is 1.63. The first-order valence-electron chi connectivity index (χ1n) is 6.03. The highest BCUT2D eigenvalue weighted by atomic mass is 32.2. The molecule has 2 rings (SSSR count). The van der Waals surface area contributed by atoms with E-state index in [1.54, 1.807) is 4.72 Å². The number of carbonyl (C=O) groups excluding carboxylic acids is 1. The number of rotatable bonds is 3. The van der Waals surface area contributed by atoms with E-state index in [1.165, 1.54) is 6.92 Å². The Morgan fingerprint density at radius 1 is 1.29 bits per heavy atom. The minimum Gasteiger partial charge on any atom is -0.376 e. The Labute approximate surface area is 120 Å². The third kappa shape index (κ3) is 3.55. The van der Waals surface area contributed by atoms with E-state index in [0.717, 1.165) is 6.07 Å². The number of hydrogen-bond acceptors (Lipinski definition) is 5. The number of carbonyl (C=O) groups is 1. The average Bonchev–Trinajstić information content (AvgIpc) is 2.43. The van der Waals surface area contributed by atoms with E-state index in [4.69, 9.17) is 9.47 Å². The predicted molar refractivity (Wildman–Crippen MR) is 67.0 cm³/mol. The molecule has 21 heavy (non-hydrogen) atoms. The Morgan fingerprint density at radius 2 is 2.00 bits per heavy atom. The summed E-state index contributed by atoms with van der Waals surface area (Å²) in [4.78, 5) is 10.8. The molecule has 1 heterocycles. The van der Waals surface area contributed by atoms with Gasteiger partial charge in [0.05, 0.1) is 19.8 Å². The fraction of sp³-hybridized carbons (Fsp3) is 0.417. The van der Waals surface area contributed by atoms with Crippen LogP contribution in [-0.2, 0) is 24.3 Å². The molecule has 0 radical (unpaired) electrons. The number of benzene rings is 1. The summed E-state index contributed by atoms with van der Waals surface area (Å²) in [6, 6.07) is 1.27. The van der Waals surface area contributed by atoms with Crippen LogP contribution in [0.1, 0.15) is 5.56 Å². The number of hydrogen-bond donors (Lipinski definition) is 1. The smallest absolute Gasteiger partial charge is 0.267 e. The summed E-state index contributed by atoms with van der Waals surface area (Å²) in [6.07, 6.45) is -1.10. The summed E-state index contributed by atoms with van der Waals surface area (Å²) in [5, 5.41) is 0. The largest absolute Gasteiger partial charge is 0.376 e. The molecule has 0 spiro atoms. The number of nitrogens with one attached hydrogen (secondary N) is 1. The molecule has 1 unspecified atom stereocenters. The lowest BCUT2D eigenvalue weighted by atomic mass is 10.2. The van der Waals surface area contributed by atoms with Crippen molar-refractivity contribution < 1.29 is 31.5 Å². The van der Waals surface area contributed by atoms with Crippen LogP contribution in [0.2, 0.25) is 0 Å². The van der Waals surface area contributed by atoms with Gasteiger partial charge in [-0.15, -0.1) is 0 Å². The second kappa shape index (κ2) is 6.04. The molecule has 0 saturated carbocycles. The van der Waals surface area contributed by atoms with Crippen molar-refractivity contribution in [3.8, 4) is 0 Å². The number of amides is 1. The number of aryl methyl sites for hydroxylation is 1.